The molecule has 4 nitrogen and oxygen atoms in total. The second-order valence-electron chi connectivity index (χ2n) is 6.61. The Morgan fingerprint density at radius 1 is 1.25 bits per heavy atom. The number of benzene rings is 1. The van der Waals surface area contributed by atoms with Gasteiger partial charge in [0.15, 0.2) is 11.9 Å². The number of thioether (sulfide) groups is 1. The minimum atomic E-state index is -0.703. The van der Waals surface area contributed by atoms with Crippen LogP contribution in [0.15, 0.2) is 30.3 Å². The summed E-state index contributed by atoms with van der Waals surface area (Å²) in [6.07, 6.45) is 1.40. The van der Waals surface area contributed by atoms with Crippen LogP contribution in [0.4, 0.5) is 0 Å². The van der Waals surface area contributed by atoms with Crippen LogP contribution in [0.5, 0.6) is 0 Å². The van der Waals surface area contributed by atoms with Gasteiger partial charge in [-0.3, -0.25) is 0 Å². The Balaban J connectivity index is 2.08. The lowest BCUT2D eigenvalue weighted by Gasteiger charge is -2.50. The van der Waals surface area contributed by atoms with Crippen LogP contribution in [-0.4, -0.2) is 40.8 Å². The highest BCUT2D eigenvalue weighted by atomic mass is 32.2. The Bertz CT molecular complexity index is 549. The molecule has 1 saturated heterocycles. The van der Waals surface area contributed by atoms with Gasteiger partial charge in [0.2, 0.25) is 4.38 Å². The van der Waals surface area contributed by atoms with E-state index in [2.05, 4.69) is 0 Å². The van der Waals surface area contributed by atoms with Crippen molar-refractivity contribution in [1.29, 1.82) is 0 Å². The van der Waals surface area contributed by atoms with Crippen LogP contribution >= 0.6 is 24.0 Å². The lowest BCUT2D eigenvalue weighted by molar-refractivity contribution is -0.364. The summed E-state index contributed by atoms with van der Waals surface area (Å²) in [5.41, 5.74) is 0.466. The van der Waals surface area contributed by atoms with Crippen molar-refractivity contribution in [2.24, 2.45) is 0 Å². The Morgan fingerprint density at radius 2 is 1.92 bits per heavy atom. The van der Waals surface area contributed by atoms with Crippen molar-refractivity contribution in [3.8, 4) is 0 Å². The topological polar surface area (TPSA) is 36.9 Å². The highest BCUT2D eigenvalue weighted by Crippen LogP contribution is 2.37. The summed E-state index contributed by atoms with van der Waals surface area (Å²) in [7, 11) is 0. The van der Waals surface area contributed by atoms with Crippen LogP contribution in [0, 0.1) is 0 Å². The lowest BCUT2D eigenvalue weighted by atomic mass is 9.93. The van der Waals surface area contributed by atoms with E-state index in [1.165, 1.54) is 11.8 Å². The van der Waals surface area contributed by atoms with Crippen LogP contribution in [-0.2, 0) is 25.6 Å². The standard InChI is InChI=1S/C18H26O4S2/c1-13-15(20-16(23)24-5)18(4,22-17(2,3)21-13)12-19-11-14-9-7-6-8-10-14/h6-10,13,15H,11-12H2,1-5H3/t13-,15?,18-/m1/s1. The zero-order chi connectivity index (χ0) is 17.8. The smallest absolute Gasteiger partial charge is 0.220 e. The van der Waals surface area contributed by atoms with E-state index < -0.39 is 11.4 Å². The maximum Gasteiger partial charge on any atom is 0.220 e. The second kappa shape index (κ2) is 8.15. The number of thiocarbonyl (C=S) groups is 1. The average Bonchev–Trinajstić information content (AvgIpc) is 2.51. The molecular weight excluding hydrogens is 344 g/mol. The molecule has 1 aromatic rings. The van der Waals surface area contributed by atoms with E-state index in [4.69, 9.17) is 31.2 Å². The van der Waals surface area contributed by atoms with Gasteiger partial charge in [-0.15, -0.1) is 0 Å². The van der Waals surface area contributed by atoms with E-state index >= 15 is 0 Å². The molecule has 0 amide bonds. The molecule has 0 saturated carbocycles. The summed E-state index contributed by atoms with van der Waals surface area (Å²) in [5.74, 6) is -0.703. The largest absolute Gasteiger partial charge is 0.469 e. The summed E-state index contributed by atoms with van der Waals surface area (Å²) in [4.78, 5) is 0. The molecule has 0 N–H and O–H groups in total. The van der Waals surface area contributed by atoms with Crippen LogP contribution in [0.1, 0.15) is 33.3 Å². The molecular formula is C18H26O4S2. The number of rotatable bonds is 5. The van der Waals surface area contributed by atoms with Crippen molar-refractivity contribution in [2.45, 2.75) is 57.9 Å². The first-order valence-corrected chi connectivity index (χ1v) is 9.63. The molecule has 1 aliphatic heterocycles. The molecule has 1 aliphatic rings. The molecule has 1 fully saturated rings. The third kappa shape index (κ3) is 5.17. The van der Waals surface area contributed by atoms with Gasteiger partial charge >= 0.3 is 0 Å². The van der Waals surface area contributed by atoms with Gasteiger partial charge in [0.25, 0.3) is 0 Å². The molecule has 3 atom stereocenters. The molecule has 6 heteroatoms. The normalized spacial score (nSPS) is 29.2. The zero-order valence-corrected chi connectivity index (χ0v) is 16.5. The second-order valence-corrected chi connectivity index (χ2v) is 8.02. The first-order valence-electron chi connectivity index (χ1n) is 8.00. The summed E-state index contributed by atoms with van der Waals surface area (Å²) in [6.45, 7) is 8.69. The summed E-state index contributed by atoms with van der Waals surface area (Å²) in [5, 5.41) is 0. The minimum absolute atomic E-state index is 0.163. The van der Waals surface area contributed by atoms with Crippen molar-refractivity contribution in [3.63, 3.8) is 0 Å². The Morgan fingerprint density at radius 3 is 2.54 bits per heavy atom. The van der Waals surface area contributed by atoms with Crippen molar-refractivity contribution in [1.82, 2.24) is 0 Å². The number of hydrogen-bond acceptors (Lipinski definition) is 6. The average molecular weight is 371 g/mol. The van der Waals surface area contributed by atoms with Crippen molar-refractivity contribution in [2.75, 3.05) is 12.9 Å². The zero-order valence-electron chi connectivity index (χ0n) is 14.9. The minimum Gasteiger partial charge on any atom is -0.469 e. The SMILES string of the molecule is CSC(=S)OC1[C@@H](C)OC(C)(C)O[C@]1(C)COCc1ccccc1. The van der Waals surface area contributed by atoms with Crippen LogP contribution in [0.3, 0.4) is 0 Å². The maximum absolute atomic E-state index is 6.19. The fourth-order valence-electron chi connectivity index (χ4n) is 3.08. The van der Waals surface area contributed by atoms with Crippen LogP contribution in [0.25, 0.3) is 0 Å². The Kier molecular flexibility index (Phi) is 6.67. The summed E-state index contributed by atoms with van der Waals surface area (Å²) < 4.78 is 24.5. The molecule has 0 radical (unpaired) electrons. The van der Waals surface area contributed by atoms with Gasteiger partial charge in [0.1, 0.15) is 5.60 Å². The van der Waals surface area contributed by atoms with Gasteiger partial charge in [-0.05, 0) is 51.7 Å². The fraction of sp³-hybridized carbons (Fsp3) is 0.611. The highest BCUT2D eigenvalue weighted by molar-refractivity contribution is 8.22. The van der Waals surface area contributed by atoms with E-state index in [1.807, 2.05) is 64.3 Å². The molecule has 0 bridgehead atoms. The van der Waals surface area contributed by atoms with Gasteiger partial charge in [0, 0.05) is 0 Å². The molecule has 1 unspecified atom stereocenters. The highest BCUT2D eigenvalue weighted by Gasteiger charge is 2.51. The van der Waals surface area contributed by atoms with E-state index in [1.54, 1.807) is 0 Å². The van der Waals surface area contributed by atoms with Crippen LogP contribution in [0.2, 0.25) is 0 Å². The van der Waals surface area contributed by atoms with E-state index in [-0.39, 0.29) is 12.2 Å². The quantitative estimate of drug-likeness (QED) is 0.724. The monoisotopic (exact) mass is 370 g/mol. The molecule has 2 rings (SSSR count). The molecule has 0 aromatic heterocycles. The Hall–Kier alpha value is -0.660. The van der Waals surface area contributed by atoms with Crippen molar-refractivity contribution >= 4 is 28.4 Å². The van der Waals surface area contributed by atoms with Gasteiger partial charge in [-0.1, -0.05) is 42.1 Å². The van der Waals surface area contributed by atoms with Crippen molar-refractivity contribution in [3.05, 3.63) is 35.9 Å². The van der Waals surface area contributed by atoms with Crippen molar-refractivity contribution < 1.29 is 18.9 Å². The number of ether oxygens (including phenoxy) is 4. The molecule has 1 aromatic carbocycles. The first-order chi connectivity index (χ1) is 11.3. The van der Waals surface area contributed by atoms with Gasteiger partial charge in [0.05, 0.1) is 19.3 Å². The van der Waals surface area contributed by atoms with Crippen LogP contribution < -0.4 is 0 Å². The van der Waals surface area contributed by atoms with E-state index in [0.717, 1.165) is 5.56 Å². The predicted molar refractivity (Wildman–Crippen MR) is 101 cm³/mol. The fourth-order valence-corrected chi connectivity index (χ4v) is 3.38. The lowest BCUT2D eigenvalue weighted by Crippen LogP contribution is -2.63. The predicted octanol–water partition coefficient (Wildman–Crippen LogP) is 4.17. The molecule has 134 valence electrons. The molecule has 1 heterocycles. The van der Waals surface area contributed by atoms with Gasteiger partial charge < -0.3 is 18.9 Å². The third-order valence-corrected chi connectivity index (χ3v) is 4.89. The third-order valence-electron chi connectivity index (χ3n) is 3.87. The summed E-state index contributed by atoms with van der Waals surface area (Å²) >= 11 is 6.63. The van der Waals surface area contributed by atoms with E-state index in [9.17, 15) is 0 Å². The Labute approximate surface area is 154 Å². The molecule has 24 heavy (non-hydrogen) atoms. The van der Waals surface area contributed by atoms with Gasteiger partial charge in [-0.25, -0.2) is 0 Å². The number of hydrogen-bond donors (Lipinski definition) is 0. The van der Waals surface area contributed by atoms with E-state index in [0.29, 0.717) is 17.6 Å². The molecule has 0 spiro atoms. The van der Waals surface area contributed by atoms with Gasteiger partial charge in [-0.2, -0.15) is 0 Å². The molecule has 0 aliphatic carbocycles. The summed E-state index contributed by atoms with van der Waals surface area (Å²) in [6, 6.07) is 10.1. The maximum atomic E-state index is 6.19. The first kappa shape index (κ1) is 19.7.